The Kier molecular flexibility index (Phi) is 1.97. The van der Waals surface area contributed by atoms with Crippen LogP contribution in [0.3, 0.4) is 0 Å². The van der Waals surface area contributed by atoms with E-state index < -0.39 is 0 Å². The second-order valence-corrected chi connectivity index (χ2v) is 4.85. The predicted octanol–water partition coefficient (Wildman–Crippen LogP) is 0.230. The third kappa shape index (κ3) is 1.73. The minimum Gasteiger partial charge on any atom is -0.336 e. The van der Waals surface area contributed by atoms with Crippen molar-refractivity contribution in [2.24, 2.45) is 5.92 Å². The van der Waals surface area contributed by atoms with Gasteiger partial charge in [-0.25, -0.2) is 0 Å². The standard InChI is InChI=1S/C11H16N2O2/c14-10-7-12(11(15)8-1-2-8)5-6-13(10)9-3-4-9/h8-9H,1-7H2. The highest BCUT2D eigenvalue weighted by Gasteiger charge is 2.40. The van der Waals surface area contributed by atoms with Gasteiger partial charge in [0.15, 0.2) is 0 Å². The summed E-state index contributed by atoms with van der Waals surface area (Å²) in [6, 6.07) is 0.496. The molecule has 2 saturated carbocycles. The van der Waals surface area contributed by atoms with E-state index in [9.17, 15) is 9.59 Å². The molecule has 0 radical (unpaired) electrons. The molecule has 0 N–H and O–H groups in total. The van der Waals surface area contributed by atoms with Gasteiger partial charge in [0.2, 0.25) is 11.8 Å². The molecule has 0 spiro atoms. The highest BCUT2D eigenvalue weighted by atomic mass is 16.2. The summed E-state index contributed by atoms with van der Waals surface area (Å²) in [6.45, 7) is 1.82. The van der Waals surface area contributed by atoms with Gasteiger partial charge in [-0.2, -0.15) is 0 Å². The van der Waals surface area contributed by atoms with Crippen molar-refractivity contribution in [3.63, 3.8) is 0 Å². The molecule has 0 aromatic heterocycles. The summed E-state index contributed by atoms with van der Waals surface area (Å²) in [5.74, 6) is 0.599. The first kappa shape index (κ1) is 9.19. The van der Waals surface area contributed by atoms with Gasteiger partial charge >= 0.3 is 0 Å². The van der Waals surface area contributed by atoms with Crippen LogP contribution in [0.4, 0.5) is 0 Å². The van der Waals surface area contributed by atoms with Crippen LogP contribution in [-0.4, -0.2) is 47.3 Å². The third-order valence-corrected chi connectivity index (χ3v) is 3.48. The maximum atomic E-state index is 11.8. The van der Waals surface area contributed by atoms with Crippen molar-refractivity contribution in [2.45, 2.75) is 31.7 Å². The van der Waals surface area contributed by atoms with E-state index in [1.54, 1.807) is 4.90 Å². The van der Waals surface area contributed by atoms with E-state index in [1.807, 2.05) is 4.90 Å². The van der Waals surface area contributed by atoms with E-state index in [2.05, 4.69) is 0 Å². The van der Waals surface area contributed by atoms with Crippen molar-refractivity contribution < 1.29 is 9.59 Å². The Labute approximate surface area is 89.2 Å². The van der Waals surface area contributed by atoms with Crippen LogP contribution in [0.5, 0.6) is 0 Å². The van der Waals surface area contributed by atoms with Crippen molar-refractivity contribution in [2.75, 3.05) is 19.6 Å². The summed E-state index contributed by atoms with van der Waals surface area (Å²) in [5.41, 5.74) is 0. The molecule has 3 fully saturated rings. The molecular weight excluding hydrogens is 192 g/mol. The molecule has 4 nitrogen and oxygen atoms in total. The van der Waals surface area contributed by atoms with E-state index in [0.717, 1.165) is 38.8 Å². The van der Waals surface area contributed by atoms with Crippen LogP contribution in [0, 0.1) is 5.92 Å². The van der Waals surface area contributed by atoms with E-state index in [-0.39, 0.29) is 17.7 Å². The van der Waals surface area contributed by atoms with Crippen molar-refractivity contribution in [3.8, 4) is 0 Å². The summed E-state index contributed by atoms with van der Waals surface area (Å²) in [5, 5.41) is 0. The van der Waals surface area contributed by atoms with Gasteiger partial charge in [0.05, 0.1) is 6.54 Å². The van der Waals surface area contributed by atoms with Gasteiger partial charge in [-0.15, -0.1) is 0 Å². The van der Waals surface area contributed by atoms with Gasteiger partial charge in [0.25, 0.3) is 0 Å². The fraction of sp³-hybridized carbons (Fsp3) is 0.818. The highest BCUT2D eigenvalue weighted by Crippen LogP contribution is 2.32. The average molecular weight is 208 g/mol. The molecule has 0 aromatic rings. The lowest BCUT2D eigenvalue weighted by Gasteiger charge is -2.34. The number of hydrogen-bond donors (Lipinski definition) is 0. The lowest BCUT2D eigenvalue weighted by Crippen LogP contribution is -2.53. The smallest absolute Gasteiger partial charge is 0.242 e. The zero-order valence-electron chi connectivity index (χ0n) is 8.82. The van der Waals surface area contributed by atoms with Crippen LogP contribution >= 0.6 is 0 Å². The van der Waals surface area contributed by atoms with Gasteiger partial charge in [-0.1, -0.05) is 0 Å². The third-order valence-electron chi connectivity index (χ3n) is 3.48. The fourth-order valence-electron chi connectivity index (χ4n) is 2.24. The Bertz CT molecular complexity index is 308. The number of piperazine rings is 1. The summed E-state index contributed by atoms with van der Waals surface area (Å²) in [6.07, 6.45) is 4.36. The van der Waals surface area contributed by atoms with Crippen LogP contribution in [0.1, 0.15) is 25.7 Å². The summed E-state index contributed by atoms with van der Waals surface area (Å²) >= 11 is 0. The number of amides is 2. The number of carbonyl (C=O) groups excluding carboxylic acids is 2. The molecule has 3 rings (SSSR count). The van der Waals surface area contributed by atoms with E-state index in [0.29, 0.717) is 12.6 Å². The summed E-state index contributed by atoms with van der Waals surface area (Å²) in [7, 11) is 0. The second kappa shape index (κ2) is 3.22. The molecule has 15 heavy (non-hydrogen) atoms. The van der Waals surface area contributed by atoms with Crippen LogP contribution in [0.15, 0.2) is 0 Å². The maximum absolute atomic E-state index is 11.8. The van der Waals surface area contributed by atoms with E-state index in [4.69, 9.17) is 0 Å². The Morgan fingerprint density at radius 3 is 2.40 bits per heavy atom. The molecule has 1 aliphatic heterocycles. The maximum Gasteiger partial charge on any atom is 0.242 e. The molecule has 2 amide bonds. The molecule has 0 atom stereocenters. The second-order valence-electron chi connectivity index (χ2n) is 4.85. The van der Waals surface area contributed by atoms with Crippen molar-refractivity contribution >= 4 is 11.8 Å². The number of carbonyl (C=O) groups is 2. The Morgan fingerprint density at radius 1 is 1.13 bits per heavy atom. The van der Waals surface area contributed by atoms with Crippen LogP contribution < -0.4 is 0 Å². The van der Waals surface area contributed by atoms with E-state index in [1.165, 1.54) is 0 Å². The fourth-order valence-corrected chi connectivity index (χ4v) is 2.24. The normalized spacial score (nSPS) is 27.1. The molecule has 0 bridgehead atoms. The largest absolute Gasteiger partial charge is 0.336 e. The monoisotopic (exact) mass is 208 g/mol. The molecule has 0 aromatic carbocycles. The topological polar surface area (TPSA) is 40.6 Å². The van der Waals surface area contributed by atoms with Crippen molar-refractivity contribution in [3.05, 3.63) is 0 Å². The average Bonchev–Trinajstić information content (AvgIpc) is 3.07. The molecule has 3 aliphatic rings. The SMILES string of the molecule is O=C(C1CC1)N1CCN(C2CC2)C(=O)C1. The van der Waals surface area contributed by atoms with Gasteiger partial charge in [-0.05, 0) is 25.7 Å². The first-order valence-electron chi connectivity index (χ1n) is 5.84. The molecule has 2 aliphatic carbocycles. The molecule has 1 heterocycles. The first-order valence-corrected chi connectivity index (χ1v) is 5.84. The lowest BCUT2D eigenvalue weighted by atomic mass is 10.2. The van der Waals surface area contributed by atoms with Crippen LogP contribution in [-0.2, 0) is 9.59 Å². The number of hydrogen-bond acceptors (Lipinski definition) is 2. The molecular formula is C11H16N2O2. The lowest BCUT2D eigenvalue weighted by molar-refractivity contribution is -0.146. The number of rotatable bonds is 2. The Hall–Kier alpha value is -1.06. The number of nitrogens with zero attached hydrogens (tertiary/aromatic N) is 2. The predicted molar refractivity (Wildman–Crippen MR) is 54.0 cm³/mol. The summed E-state index contributed by atoms with van der Waals surface area (Å²) < 4.78 is 0. The molecule has 82 valence electrons. The van der Waals surface area contributed by atoms with Gasteiger partial charge in [-0.3, -0.25) is 9.59 Å². The van der Waals surface area contributed by atoms with Gasteiger partial charge < -0.3 is 9.80 Å². The Morgan fingerprint density at radius 2 is 1.87 bits per heavy atom. The van der Waals surface area contributed by atoms with Crippen LogP contribution in [0.25, 0.3) is 0 Å². The minimum absolute atomic E-state index is 0.151. The molecule has 1 saturated heterocycles. The first-order chi connectivity index (χ1) is 7.25. The summed E-state index contributed by atoms with van der Waals surface area (Å²) in [4.78, 5) is 27.2. The zero-order chi connectivity index (χ0) is 10.4. The van der Waals surface area contributed by atoms with E-state index >= 15 is 0 Å². The molecule has 0 unspecified atom stereocenters. The van der Waals surface area contributed by atoms with Crippen LogP contribution in [0.2, 0.25) is 0 Å². The Balaban J connectivity index is 1.60. The van der Waals surface area contributed by atoms with Crippen molar-refractivity contribution in [1.82, 2.24) is 9.80 Å². The zero-order valence-corrected chi connectivity index (χ0v) is 8.82. The highest BCUT2D eigenvalue weighted by molar-refractivity contribution is 5.88. The van der Waals surface area contributed by atoms with Gasteiger partial charge in [0.1, 0.15) is 0 Å². The quantitative estimate of drug-likeness (QED) is 0.651. The minimum atomic E-state index is 0.151. The van der Waals surface area contributed by atoms with Crippen molar-refractivity contribution in [1.29, 1.82) is 0 Å². The molecule has 4 heteroatoms. The van der Waals surface area contributed by atoms with Gasteiger partial charge in [0, 0.05) is 25.0 Å².